The van der Waals surface area contributed by atoms with Gasteiger partial charge in [0.2, 0.25) is 0 Å². The van der Waals surface area contributed by atoms with Gasteiger partial charge in [-0.2, -0.15) is 0 Å². The summed E-state index contributed by atoms with van der Waals surface area (Å²) < 4.78 is 1.84. The van der Waals surface area contributed by atoms with Crippen molar-refractivity contribution in [3.05, 3.63) is 56.0 Å². The number of nitrogen functional groups attached to an aromatic ring is 1. The molecule has 0 amide bonds. The smallest absolute Gasteiger partial charge is 0.169 e. The van der Waals surface area contributed by atoms with E-state index in [2.05, 4.69) is 37.2 Å². The lowest BCUT2D eigenvalue weighted by Crippen LogP contribution is -2.35. The van der Waals surface area contributed by atoms with Gasteiger partial charge in [-0.25, -0.2) is 0 Å². The number of halogens is 2. The van der Waals surface area contributed by atoms with Crippen molar-refractivity contribution in [3.8, 4) is 5.75 Å². The molecule has 0 aromatic heterocycles. The van der Waals surface area contributed by atoms with E-state index in [1.54, 1.807) is 12.1 Å². The van der Waals surface area contributed by atoms with E-state index >= 15 is 0 Å². The Balaban J connectivity index is 1.55. The first kappa shape index (κ1) is 22.3. The van der Waals surface area contributed by atoms with Crippen molar-refractivity contribution in [2.75, 3.05) is 5.73 Å². The number of hydrogen-bond donors (Lipinski definition) is 4. The SMILES string of the molecule is Cc1ccc(O)c(C(O)C(=O)[C@H]2CC[C@H](NCc3cc(Br)cc(Br)c3N)CC2)c1. The molecule has 1 atom stereocenters. The summed E-state index contributed by atoms with van der Waals surface area (Å²) in [5.41, 5.74) is 9.09. The maximum atomic E-state index is 12.8. The Hall–Kier alpha value is -1.41. The molecular weight excluding hydrogens is 500 g/mol. The van der Waals surface area contributed by atoms with Crippen molar-refractivity contribution in [3.63, 3.8) is 0 Å². The first-order valence-corrected chi connectivity index (χ1v) is 11.3. The van der Waals surface area contributed by atoms with Crippen molar-refractivity contribution in [2.45, 2.75) is 51.3 Å². The predicted molar refractivity (Wildman–Crippen MR) is 122 cm³/mol. The molecule has 2 aromatic carbocycles. The van der Waals surface area contributed by atoms with E-state index in [0.717, 1.165) is 51.4 Å². The molecule has 29 heavy (non-hydrogen) atoms. The van der Waals surface area contributed by atoms with Crippen LogP contribution in [0, 0.1) is 12.8 Å². The van der Waals surface area contributed by atoms with E-state index < -0.39 is 6.10 Å². The minimum absolute atomic E-state index is 0.0374. The number of aliphatic hydroxyl groups is 1. The van der Waals surface area contributed by atoms with Gasteiger partial charge >= 0.3 is 0 Å². The van der Waals surface area contributed by atoms with E-state index in [-0.39, 0.29) is 17.5 Å². The summed E-state index contributed by atoms with van der Waals surface area (Å²) in [6.45, 7) is 2.53. The molecule has 1 aliphatic rings. The van der Waals surface area contributed by atoms with Crippen molar-refractivity contribution < 1.29 is 15.0 Å². The average Bonchev–Trinajstić information content (AvgIpc) is 2.70. The van der Waals surface area contributed by atoms with Crippen LogP contribution in [0.3, 0.4) is 0 Å². The number of carbonyl (C=O) groups is 1. The zero-order chi connectivity index (χ0) is 21.1. The molecule has 5 N–H and O–H groups in total. The molecule has 7 heteroatoms. The highest BCUT2D eigenvalue weighted by Crippen LogP contribution is 2.33. The maximum Gasteiger partial charge on any atom is 0.169 e. The number of Topliss-reactive ketones (excluding diaryl/α,β-unsaturated/α-hetero) is 1. The van der Waals surface area contributed by atoms with Gasteiger partial charge < -0.3 is 21.3 Å². The number of ketones is 1. The molecule has 2 aromatic rings. The molecule has 1 saturated carbocycles. The van der Waals surface area contributed by atoms with E-state index in [0.29, 0.717) is 18.2 Å². The van der Waals surface area contributed by atoms with Gasteiger partial charge in [0.15, 0.2) is 5.78 Å². The second-order valence-electron chi connectivity index (χ2n) is 7.76. The van der Waals surface area contributed by atoms with Crippen LogP contribution in [-0.4, -0.2) is 22.0 Å². The first-order valence-electron chi connectivity index (χ1n) is 9.74. The van der Waals surface area contributed by atoms with Gasteiger partial charge in [-0.1, -0.05) is 27.6 Å². The normalized spacial score (nSPS) is 20.4. The summed E-state index contributed by atoms with van der Waals surface area (Å²) in [6, 6.07) is 9.18. The van der Waals surface area contributed by atoms with Gasteiger partial charge in [-0.05, 0) is 78.4 Å². The lowest BCUT2D eigenvalue weighted by molar-refractivity contribution is -0.132. The monoisotopic (exact) mass is 524 g/mol. The highest BCUT2D eigenvalue weighted by molar-refractivity contribution is 9.11. The van der Waals surface area contributed by atoms with Gasteiger partial charge in [0.05, 0.1) is 5.69 Å². The Morgan fingerprint density at radius 3 is 2.59 bits per heavy atom. The van der Waals surface area contributed by atoms with Crippen molar-refractivity contribution >= 4 is 43.3 Å². The Morgan fingerprint density at radius 1 is 1.21 bits per heavy atom. The van der Waals surface area contributed by atoms with Crippen LogP contribution in [0.5, 0.6) is 5.75 Å². The fourth-order valence-corrected chi connectivity index (χ4v) is 5.20. The number of hydrogen-bond acceptors (Lipinski definition) is 5. The van der Waals surface area contributed by atoms with Gasteiger partial charge in [0.1, 0.15) is 11.9 Å². The third-order valence-corrected chi connectivity index (χ3v) is 6.75. The summed E-state index contributed by atoms with van der Waals surface area (Å²) in [7, 11) is 0. The largest absolute Gasteiger partial charge is 0.508 e. The molecule has 0 heterocycles. The molecule has 0 radical (unpaired) electrons. The Morgan fingerprint density at radius 2 is 1.90 bits per heavy atom. The lowest BCUT2D eigenvalue weighted by atomic mass is 9.80. The van der Waals surface area contributed by atoms with Crippen molar-refractivity contribution in [1.82, 2.24) is 5.32 Å². The summed E-state index contributed by atoms with van der Waals surface area (Å²) >= 11 is 6.95. The number of rotatable bonds is 6. The number of nitrogens with two attached hydrogens (primary N) is 1. The standard InChI is InChI=1S/C22H26Br2N2O3/c1-12-2-7-19(27)17(8-12)22(29)21(28)13-3-5-16(6-4-13)26-11-14-9-15(23)10-18(24)20(14)25/h2,7-10,13,16,22,26-27,29H,3-6,11,25H2,1H3/t13-,16-,22?. The van der Waals surface area contributed by atoms with Crippen LogP contribution in [0.25, 0.3) is 0 Å². The maximum absolute atomic E-state index is 12.8. The van der Waals surface area contributed by atoms with Crippen LogP contribution in [0.2, 0.25) is 0 Å². The summed E-state index contributed by atoms with van der Waals surface area (Å²) in [5, 5.41) is 24.0. The van der Waals surface area contributed by atoms with Crippen LogP contribution in [0.4, 0.5) is 5.69 Å². The van der Waals surface area contributed by atoms with Gasteiger partial charge in [0, 0.05) is 33.0 Å². The molecule has 0 spiro atoms. The molecule has 3 rings (SSSR count). The van der Waals surface area contributed by atoms with Crippen LogP contribution < -0.4 is 11.1 Å². The lowest BCUT2D eigenvalue weighted by Gasteiger charge is -2.30. The predicted octanol–water partition coefficient (Wildman–Crippen LogP) is 4.76. The Labute approximate surface area is 188 Å². The van der Waals surface area contributed by atoms with Crippen molar-refractivity contribution in [2.24, 2.45) is 5.92 Å². The number of benzene rings is 2. The van der Waals surface area contributed by atoms with Gasteiger partial charge in [-0.3, -0.25) is 4.79 Å². The fraction of sp³-hybridized carbons (Fsp3) is 0.409. The molecule has 0 aliphatic heterocycles. The molecule has 0 saturated heterocycles. The second-order valence-corrected chi connectivity index (χ2v) is 9.53. The van der Waals surface area contributed by atoms with Crippen molar-refractivity contribution in [1.29, 1.82) is 0 Å². The third-order valence-electron chi connectivity index (χ3n) is 5.64. The quantitative estimate of drug-likeness (QED) is 0.408. The van der Waals surface area contributed by atoms with E-state index in [9.17, 15) is 15.0 Å². The first-order chi connectivity index (χ1) is 13.8. The summed E-state index contributed by atoms with van der Waals surface area (Å²) in [5.74, 6) is -0.429. The minimum atomic E-state index is -1.27. The number of phenolic OH excluding ortho intramolecular Hbond substituents is 1. The van der Waals surface area contributed by atoms with Crippen LogP contribution >= 0.6 is 31.9 Å². The fourth-order valence-electron chi connectivity index (χ4n) is 3.89. The highest BCUT2D eigenvalue weighted by Gasteiger charge is 2.31. The van der Waals surface area contributed by atoms with Crippen LogP contribution in [-0.2, 0) is 11.3 Å². The average molecular weight is 526 g/mol. The molecule has 1 fully saturated rings. The highest BCUT2D eigenvalue weighted by atomic mass is 79.9. The molecule has 1 aliphatic carbocycles. The number of aryl methyl sites for hydroxylation is 1. The van der Waals surface area contributed by atoms with E-state index in [1.165, 1.54) is 6.07 Å². The zero-order valence-electron chi connectivity index (χ0n) is 16.3. The second kappa shape index (κ2) is 9.60. The van der Waals surface area contributed by atoms with Gasteiger partial charge in [0.25, 0.3) is 0 Å². The number of aromatic hydroxyl groups is 1. The zero-order valence-corrected chi connectivity index (χ0v) is 19.5. The molecule has 5 nitrogen and oxygen atoms in total. The summed E-state index contributed by atoms with van der Waals surface area (Å²) in [4.78, 5) is 12.8. The third kappa shape index (κ3) is 5.40. The topological polar surface area (TPSA) is 95.6 Å². The number of nitrogens with one attached hydrogen (secondary N) is 1. The Bertz CT molecular complexity index is 896. The number of carbonyl (C=O) groups excluding carboxylic acids is 1. The van der Waals surface area contributed by atoms with Crippen LogP contribution in [0.1, 0.15) is 48.5 Å². The number of anilines is 1. The van der Waals surface area contributed by atoms with Gasteiger partial charge in [-0.15, -0.1) is 0 Å². The van der Waals surface area contributed by atoms with Crippen LogP contribution in [0.15, 0.2) is 39.3 Å². The number of aliphatic hydroxyl groups excluding tert-OH is 1. The molecule has 0 bridgehead atoms. The molecular formula is C22H26Br2N2O3. The van der Waals surface area contributed by atoms with E-state index in [4.69, 9.17) is 5.73 Å². The van der Waals surface area contributed by atoms with E-state index in [1.807, 2.05) is 19.1 Å². The Kier molecular flexibility index (Phi) is 7.37. The minimum Gasteiger partial charge on any atom is -0.508 e. The molecule has 1 unspecified atom stereocenters. The molecule has 156 valence electrons. The number of phenols is 1. The summed E-state index contributed by atoms with van der Waals surface area (Å²) in [6.07, 6.45) is 1.88.